The van der Waals surface area contributed by atoms with Gasteiger partial charge in [-0.25, -0.2) is 0 Å². The van der Waals surface area contributed by atoms with Gasteiger partial charge < -0.3 is 14.2 Å². The minimum absolute atomic E-state index is 0.0187. The second kappa shape index (κ2) is 9.51. The van der Waals surface area contributed by atoms with Crippen LogP contribution < -0.4 is 14.2 Å². The van der Waals surface area contributed by atoms with Gasteiger partial charge in [-0.3, -0.25) is 9.69 Å². The van der Waals surface area contributed by atoms with Crippen LogP contribution in [-0.4, -0.2) is 45.1 Å². The van der Waals surface area contributed by atoms with E-state index < -0.39 is 0 Å². The quantitative estimate of drug-likeness (QED) is 0.607. The van der Waals surface area contributed by atoms with E-state index in [0.717, 1.165) is 42.6 Å². The third-order valence-electron chi connectivity index (χ3n) is 5.51. The van der Waals surface area contributed by atoms with Gasteiger partial charge in [0.1, 0.15) is 0 Å². The van der Waals surface area contributed by atoms with Crippen molar-refractivity contribution in [2.45, 2.75) is 26.3 Å². The average molecular weight is 418 g/mol. The smallest absolute Gasteiger partial charge is 0.203 e. The van der Waals surface area contributed by atoms with E-state index in [1.54, 1.807) is 27.4 Å². The van der Waals surface area contributed by atoms with Crippen LogP contribution in [0, 0.1) is 12.8 Å². The Hall–Kier alpha value is -2.24. The van der Waals surface area contributed by atoms with E-state index in [-0.39, 0.29) is 11.7 Å². The molecule has 1 aliphatic rings. The number of rotatable bonds is 7. The molecule has 1 aliphatic heterocycles. The predicted molar refractivity (Wildman–Crippen MR) is 115 cm³/mol. The Kier molecular flexibility index (Phi) is 7.04. The van der Waals surface area contributed by atoms with E-state index >= 15 is 0 Å². The van der Waals surface area contributed by atoms with E-state index in [0.29, 0.717) is 28.8 Å². The number of ketones is 1. The minimum Gasteiger partial charge on any atom is -0.493 e. The first-order valence-corrected chi connectivity index (χ1v) is 10.2. The van der Waals surface area contributed by atoms with Gasteiger partial charge in [0.25, 0.3) is 0 Å². The van der Waals surface area contributed by atoms with Crippen molar-refractivity contribution < 1.29 is 19.0 Å². The summed E-state index contributed by atoms with van der Waals surface area (Å²) in [6.45, 7) is 4.29. The molecule has 2 aromatic rings. The number of hydrogen-bond donors (Lipinski definition) is 0. The number of nitrogens with zero attached hydrogens (tertiary/aromatic N) is 1. The molecule has 0 aliphatic carbocycles. The lowest BCUT2D eigenvalue weighted by Gasteiger charge is -2.32. The van der Waals surface area contributed by atoms with Crippen molar-refractivity contribution in [1.29, 1.82) is 0 Å². The highest BCUT2D eigenvalue weighted by molar-refractivity contribution is 6.30. The Morgan fingerprint density at radius 3 is 2.52 bits per heavy atom. The summed E-state index contributed by atoms with van der Waals surface area (Å²) < 4.78 is 16.5. The van der Waals surface area contributed by atoms with E-state index in [1.807, 2.05) is 31.2 Å². The summed E-state index contributed by atoms with van der Waals surface area (Å²) in [5.41, 5.74) is 2.71. The van der Waals surface area contributed by atoms with Gasteiger partial charge in [-0.05, 0) is 56.1 Å². The van der Waals surface area contributed by atoms with Crippen molar-refractivity contribution in [2.75, 3.05) is 34.4 Å². The van der Waals surface area contributed by atoms with Gasteiger partial charge in [0, 0.05) is 35.2 Å². The second-order valence-corrected chi connectivity index (χ2v) is 7.83. The molecule has 1 unspecified atom stereocenters. The largest absolute Gasteiger partial charge is 0.493 e. The van der Waals surface area contributed by atoms with Gasteiger partial charge in [-0.2, -0.15) is 0 Å². The number of Topliss-reactive ketones (excluding diaryl/α,β-unsaturated/α-hetero) is 1. The SMILES string of the molecule is COc1ccc(CN2CCCC(C(=O)c3ccc(Cl)cc3C)C2)c(OC)c1OC. The van der Waals surface area contributed by atoms with Gasteiger partial charge >= 0.3 is 0 Å². The first-order valence-electron chi connectivity index (χ1n) is 9.79. The van der Waals surface area contributed by atoms with Gasteiger partial charge in [-0.15, -0.1) is 0 Å². The number of carbonyl (C=O) groups is 1. The average Bonchev–Trinajstić information content (AvgIpc) is 2.73. The van der Waals surface area contributed by atoms with Crippen LogP contribution in [0.5, 0.6) is 17.2 Å². The monoisotopic (exact) mass is 417 g/mol. The molecule has 3 rings (SSSR count). The number of aryl methyl sites for hydroxylation is 1. The fourth-order valence-corrected chi connectivity index (χ4v) is 4.29. The van der Waals surface area contributed by atoms with Gasteiger partial charge in [0.2, 0.25) is 5.75 Å². The maximum Gasteiger partial charge on any atom is 0.203 e. The van der Waals surface area contributed by atoms with Gasteiger partial charge in [-0.1, -0.05) is 17.7 Å². The lowest BCUT2D eigenvalue weighted by molar-refractivity contribution is 0.0810. The summed E-state index contributed by atoms with van der Waals surface area (Å²) >= 11 is 6.05. The zero-order valence-electron chi connectivity index (χ0n) is 17.5. The zero-order valence-corrected chi connectivity index (χ0v) is 18.2. The van der Waals surface area contributed by atoms with E-state index in [4.69, 9.17) is 25.8 Å². The van der Waals surface area contributed by atoms with Crippen molar-refractivity contribution in [2.24, 2.45) is 5.92 Å². The molecule has 0 saturated carbocycles. The van der Waals surface area contributed by atoms with Crippen molar-refractivity contribution in [1.82, 2.24) is 4.90 Å². The molecule has 0 amide bonds. The number of piperidine rings is 1. The van der Waals surface area contributed by atoms with Gasteiger partial charge in [0.15, 0.2) is 17.3 Å². The van der Waals surface area contributed by atoms with E-state index in [2.05, 4.69) is 4.90 Å². The number of methoxy groups -OCH3 is 3. The molecule has 1 fully saturated rings. The number of ether oxygens (including phenoxy) is 3. The van der Waals surface area contributed by atoms with Crippen LogP contribution in [0.4, 0.5) is 0 Å². The lowest BCUT2D eigenvalue weighted by atomic mass is 9.88. The molecule has 2 aromatic carbocycles. The Morgan fingerprint density at radius 1 is 1.10 bits per heavy atom. The molecule has 0 N–H and O–H groups in total. The van der Waals surface area contributed by atoms with Crippen LogP contribution in [0.15, 0.2) is 30.3 Å². The minimum atomic E-state index is -0.0187. The third kappa shape index (κ3) is 4.68. The van der Waals surface area contributed by atoms with Crippen LogP contribution >= 0.6 is 11.6 Å². The first-order chi connectivity index (χ1) is 14.0. The third-order valence-corrected chi connectivity index (χ3v) is 5.74. The fourth-order valence-electron chi connectivity index (χ4n) is 4.07. The Labute approximate surface area is 177 Å². The molecular weight excluding hydrogens is 390 g/mol. The molecule has 0 bridgehead atoms. The van der Waals surface area contributed by atoms with Crippen molar-refractivity contribution in [3.05, 3.63) is 52.0 Å². The number of benzene rings is 2. The summed E-state index contributed by atoms with van der Waals surface area (Å²) in [6.07, 6.45) is 1.89. The zero-order chi connectivity index (χ0) is 21.0. The number of hydrogen-bond acceptors (Lipinski definition) is 5. The molecular formula is C23H28ClNO4. The highest BCUT2D eigenvalue weighted by Crippen LogP contribution is 2.40. The second-order valence-electron chi connectivity index (χ2n) is 7.39. The predicted octanol–water partition coefficient (Wildman–Crippen LogP) is 4.77. The van der Waals surface area contributed by atoms with Crippen LogP contribution in [0.3, 0.4) is 0 Å². The molecule has 156 valence electrons. The topological polar surface area (TPSA) is 48.0 Å². The normalized spacial score (nSPS) is 17.1. The summed E-state index contributed by atoms with van der Waals surface area (Å²) in [7, 11) is 4.84. The summed E-state index contributed by atoms with van der Waals surface area (Å²) in [5.74, 6) is 2.08. The molecule has 1 atom stereocenters. The van der Waals surface area contributed by atoms with Crippen molar-refractivity contribution in [3.8, 4) is 17.2 Å². The standard InChI is InChI=1S/C23H28ClNO4/c1-15-12-18(24)8-9-19(15)21(26)16-6-5-11-25(13-16)14-17-7-10-20(27-2)23(29-4)22(17)28-3/h7-10,12,16H,5-6,11,13-14H2,1-4H3. The first kappa shape index (κ1) is 21.5. The molecule has 1 heterocycles. The molecule has 5 nitrogen and oxygen atoms in total. The molecule has 0 aromatic heterocycles. The summed E-state index contributed by atoms with van der Waals surface area (Å²) in [5, 5.41) is 0.657. The number of halogens is 1. The molecule has 1 saturated heterocycles. The molecule has 0 radical (unpaired) electrons. The molecule has 0 spiro atoms. The van der Waals surface area contributed by atoms with Crippen molar-refractivity contribution >= 4 is 17.4 Å². The Bertz CT molecular complexity index is 883. The summed E-state index contributed by atoms with van der Waals surface area (Å²) in [6, 6.07) is 9.37. The molecule has 29 heavy (non-hydrogen) atoms. The number of likely N-dealkylation sites (tertiary alicyclic amines) is 1. The van der Waals surface area contributed by atoms with Crippen LogP contribution in [0.25, 0.3) is 0 Å². The van der Waals surface area contributed by atoms with E-state index in [1.165, 1.54) is 0 Å². The number of carbonyl (C=O) groups excluding carboxylic acids is 1. The Balaban J connectivity index is 1.77. The fraction of sp³-hybridized carbons (Fsp3) is 0.435. The van der Waals surface area contributed by atoms with Crippen LogP contribution in [0.1, 0.15) is 34.3 Å². The maximum atomic E-state index is 13.1. The van der Waals surface area contributed by atoms with Crippen molar-refractivity contribution in [3.63, 3.8) is 0 Å². The van der Waals surface area contributed by atoms with E-state index in [9.17, 15) is 4.79 Å². The Morgan fingerprint density at radius 2 is 1.86 bits per heavy atom. The maximum absolute atomic E-state index is 13.1. The van der Waals surface area contributed by atoms with Crippen LogP contribution in [0.2, 0.25) is 5.02 Å². The van der Waals surface area contributed by atoms with Crippen LogP contribution in [-0.2, 0) is 6.54 Å². The molecule has 6 heteroatoms. The highest BCUT2D eigenvalue weighted by atomic mass is 35.5. The highest BCUT2D eigenvalue weighted by Gasteiger charge is 2.28. The van der Waals surface area contributed by atoms with Gasteiger partial charge in [0.05, 0.1) is 21.3 Å². The summed E-state index contributed by atoms with van der Waals surface area (Å²) in [4.78, 5) is 15.4. The lowest BCUT2D eigenvalue weighted by Crippen LogP contribution is -2.38.